The van der Waals surface area contributed by atoms with Gasteiger partial charge in [-0.15, -0.1) is 0 Å². The molecule has 0 saturated carbocycles. The van der Waals surface area contributed by atoms with Crippen LogP contribution in [0.5, 0.6) is 0 Å². The molecule has 0 atom stereocenters. The zero-order chi connectivity index (χ0) is 22.0. The molecule has 0 unspecified atom stereocenters. The van der Waals surface area contributed by atoms with Gasteiger partial charge in [0.2, 0.25) is 0 Å². The van der Waals surface area contributed by atoms with Gasteiger partial charge in [0.05, 0.1) is 10.5 Å². The van der Waals surface area contributed by atoms with Crippen LogP contribution in [0.2, 0.25) is 10.0 Å². The summed E-state index contributed by atoms with van der Waals surface area (Å²) in [4.78, 5) is 4.71. The van der Waals surface area contributed by atoms with E-state index in [0.29, 0.717) is 5.02 Å². The molecule has 1 nitrogen and oxygen atoms in total. The summed E-state index contributed by atoms with van der Waals surface area (Å²) in [5.74, 6) is 0. The number of fused-ring (bicyclic) bond motifs is 1. The lowest BCUT2D eigenvalue weighted by Crippen LogP contribution is -3.00. The maximum Gasteiger partial charge on any atom is 0.116 e. The number of halogens is 3. The quantitative estimate of drug-likeness (QED) is 0.327. The fourth-order valence-electron chi connectivity index (χ4n) is 4.37. The molecule has 5 rings (SSSR count). The van der Waals surface area contributed by atoms with E-state index in [9.17, 15) is 0 Å². The monoisotopic (exact) mass is 507 g/mol. The van der Waals surface area contributed by atoms with Gasteiger partial charge in [-0.25, -0.2) is 0 Å². The molecule has 33 heavy (non-hydrogen) atoms. The molecule has 0 aliphatic rings. The molecular weight excluding hydrogens is 488 g/mol. The second kappa shape index (κ2) is 10.2. The van der Waals surface area contributed by atoms with E-state index in [1.54, 1.807) is 6.20 Å². The molecule has 0 aliphatic carbocycles. The Balaban J connectivity index is 0.00000259. The Morgan fingerprint density at radius 3 is 1.61 bits per heavy atom. The van der Waals surface area contributed by atoms with Gasteiger partial charge in [-0.3, -0.25) is 4.98 Å². The summed E-state index contributed by atoms with van der Waals surface area (Å²) in [7, 11) is -2.08. The molecule has 4 aromatic carbocycles. The fraction of sp³-hybridized carbons (Fsp3) is 0.0357. The van der Waals surface area contributed by atoms with E-state index >= 15 is 0 Å². The highest BCUT2D eigenvalue weighted by Gasteiger charge is 2.46. The highest BCUT2D eigenvalue weighted by atomic mass is 35.5. The largest absolute Gasteiger partial charge is 1.00 e. The second-order valence-electron chi connectivity index (χ2n) is 7.73. The lowest BCUT2D eigenvalue weighted by atomic mass is 10.1. The summed E-state index contributed by atoms with van der Waals surface area (Å²) in [5.41, 5.74) is 1.97. The van der Waals surface area contributed by atoms with Crippen LogP contribution in [0.3, 0.4) is 0 Å². The van der Waals surface area contributed by atoms with Crippen LogP contribution < -0.4 is 28.3 Å². The molecule has 5 heteroatoms. The predicted octanol–water partition coefficient (Wildman–Crippen LogP) is 4.04. The van der Waals surface area contributed by atoms with Crippen LogP contribution in [0, 0.1) is 0 Å². The van der Waals surface area contributed by atoms with Crippen LogP contribution in [-0.4, -0.2) is 4.98 Å². The first kappa shape index (κ1) is 23.7. The number of pyridine rings is 1. The summed E-state index contributed by atoms with van der Waals surface area (Å²) in [6.45, 7) is 0. The third-order valence-corrected chi connectivity index (χ3v) is 10.7. The molecule has 5 aromatic rings. The first-order valence-electron chi connectivity index (χ1n) is 10.5. The van der Waals surface area contributed by atoms with Crippen molar-refractivity contribution < 1.29 is 12.4 Å². The van der Waals surface area contributed by atoms with Crippen molar-refractivity contribution in [3.05, 3.63) is 131 Å². The van der Waals surface area contributed by atoms with Crippen LogP contribution in [0.1, 0.15) is 5.56 Å². The summed E-state index contributed by atoms with van der Waals surface area (Å²) >= 11 is 13.1. The molecule has 0 bridgehead atoms. The van der Waals surface area contributed by atoms with Crippen molar-refractivity contribution in [2.24, 2.45) is 0 Å². The van der Waals surface area contributed by atoms with Gasteiger partial charge in [0.1, 0.15) is 29.3 Å². The van der Waals surface area contributed by atoms with E-state index in [1.165, 1.54) is 15.9 Å². The van der Waals surface area contributed by atoms with Crippen LogP contribution in [-0.2, 0) is 6.16 Å². The molecule has 1 aromatic heterocycles. The van der Waals surface area contributed by atoms with Gasteiger partial charge in [0.25, 0.3) is 0 Å². The molecule has 0 aliphatic heterocycles. The zero-order valence-electron chi connectivity index (χ0n) is 17.7. The predicted molar refractivity (Wildman–Crippen MR) is 141 cm³/mol. The molecule has 1 heterocycles. The number of aromatic nitrogens is 1. The normalized spacial score (nSPS) is 11.2. The molecule has 0 fully saturated rings. The van der Waals surface area contributed by atoms with Crippen LogP contribution in [0.25, 0.3) is 10.9 Å². The first-order chi connectivity index (χ1) is 15.7. The number of nitrogens with zero attached hydrogens (tertiary/aromatic N) is 1. The Bertz CT molecular complexity index is 1260. The Morgan fingerprint density at radius 2 is 1.12 bits per heavy atom. The lowest BCUT2D eigenvalue weighted by Gasteiger charge is -2.28. The summed E-state index contributed by atoms with van der Waals surface area (Å²) < 4.78 is 0. The van der Waals surface area contributed by atoms with Crippen molar-refractivity contribution >= 4 is 57.3 Å². The van der Waals surface area contributed by atoms with E-state index in [4.69, 9.17) is 28.2 Å². The third-order valence-electron chi connectivity index (χ3n) is 5.85. The SMILES string of the molecule is Clc1cnc2c(C[P+](c3ccccc3)(c3ccccc3)c3ccccc3)c(Cl)ccc2c1.[Cl-]. The standard InChI is InChI=1S/C28H21Cl2NP.ClH/c29-22-18-21-16-17-27(30)26(28(21)31-19-22)20-32(23-10-4-1-5-11-23,24-12-6-2-7-13-24)25-14-8-3-9-15-25;/h1-19H,20H2;1H/q+1;/p-1. The zero-order valence-corrected chi connectivity index (χ0v) is 20.9. The van der Waals surface area contributed by atoms with Gasteiger partial charge in [-0.2, -0.15) is 0 Å². The van der Waals surface area contributed by atoms with Crippen molar-refractivity contribution in [3.63, 3.8) is 0 Å². The summed E-state index contributed by atoms with van der Waals surface area (Å²) in [6.07, 6.45) is 2.48. The highest BCUT2D eigenvalue weighted by molar-refractivity contribution is 7.95. The molecule has 0 radical (unpaired) electrons. The van der Waals surface area contributed by atoms with Gasteiger partial charge in [0, 0.05) is 22.2 Å². The smallest absolute Gasteiger partial charge is 0.116 e. The van der Waals surface area contributed by atoms with E-state index in [0.717, 1.165) is 27.7 Å². The van der Waals surface area contributed by atoms with Crippen molar-refractivity contribution in [1.29, 1.82) is 0 Å². The maximum absolute atomic E-state index is 6.86. The van der Waals surface area contributed by atoms with Crippen molar-refractivity contribution in [1.82, 2.24) is 4.98 Å². The minimum Gasteiger partial charge on any atom is -1.00 e. The second-order valence-corrected chi connectivity index (χ2v) is 12.1. The minimum atomic E-state index is -2.08. The average Bonchev–Trinajstić information content (AvgIpc) is 2.85. The number of hydrogen-bond acceptors (Lipinski definition) is 1. The van der Waals surface area contributed by atoms with Gasteiger partial charge >= 0.3 is 0 Å². The Labute approximate surface area is 211 Å². The molecule has 0 N–H and O–H groups in total. The van der Waals surface area contributed by atoms with E-state index < -0.39 is 7.26 Å². The maximum atomic E-state index is 6.86. The van der Waals surface area contributed by atoms with Crippen LogP contribution in [0.4, 0.5) is 0 Å². The first-order valence-corrected chi connectivity index (χ1v) is 13.2. The number of benzene rings is 4. The van der Waals surface area contributed by atoms with Crippen molar-refractivity contribution in [3.8, 4) is 0 Å². The summed E-state index contributed by atoms with van der Waals surface area (Å²) in [5, 5.41) is 6.32. The van der Waals surface area contributed by atoms with Gasteiger partial charge in [-0.1, -0.05) is 83.9 Å². The van der Waals surface area contributed by atoms with E-state index in [1.807, 2.05) is 18.2 Å². The molecular formula is C28H21Cl3NP. The molecule has 0 amide bonds. The third kappa shape index (κ3) is 4.52. The summed E-state index contributed by atoms with van der Waals surface area (Å²) in [6, 6.07) is 38.4. The van der Waals surface area contributed by atoms with E-state index in [-0.39, 0.29) is 12.4 Å². The van der Waals surface area contributed by atoms with Crippen molar-refractivity contribution in [2.45, 2.75) is 6.16 Å². The van der Waals surface area contributed by atoms with Crippen LogP contribution >= 0.6 is 30.5 Å². The Morgan fingerprint density at radius 1 is 0.636 bits per heavy atom. The minimum absolute atomic E-state index is 0. The highest BCUT2D eigenvalue weighted by Crippen LogP contribution is 2.59. The number of hydrogen-bond donors (Lipinski definition) is 0. The van der Waals surface area contributed by atoms with Gasteiger partial charge in [-0.05, 0) is 48.5 Å². The fourth-order valence-corrected chi connectivity index (χ4v) is 9.13. The van der Waals surface area contributed by atoms with E-state index in [2.05, 4.69) is 91.0 Å². The molecule has 0 saturated heterocycles. The van der Waals surface area contributed by atoms with Crippen LogP contribution in [0.15, 0.2) is 115 Å². The lowest BCUT2D eigenvalue weighted by molar-refractivity contribution is -0.00000601. The molecule has 164 valence electrons. The number of rotatable bonds is 5. The Kier molecular flexibility index (Phi) is 7.37. The van der Waals surface area contributed by atoms with Crippen molar-refractivity contribution in [2.75, 3.05) is 0 Å². The Hall–Kier alpha value is -2.41. The van der Waals surface area contributed by atoms with Gasteiger partial charge in [0.15, 0.2) is 0 Å². The molecule has 0 spiro atoms. The average molecular weight is 509 g/mol. The topological polar surface area (TPSA) is 12.9 Å². The van der Waals surface area contributed by atoms with Gasteiger partial charge < -0.3 is 12.4 Å².